The number of carbonyl (C=O) groups excluding carboxylic acids is 2. The first kappa shape index (κ1) is 20.1. The molecule has 148 valence electrons. The van der Waals surface area contributed by atoms with E-state index in [1.165, 1.54) is 0 Å². The molecule has 0 aliphatic rings. The van der Waals surface area contributed by atoms with Crippen LogP contribution in [0.15, 0.2) is 66.7 Å². The van der Waals surface area contributed by atoms with Crippen molar-refractivity contribution in [1.82, 2.24) is 5.32 Å². The zero-order valence-electron chi connectivity index (χ0n) is 16.8. The van der Waals surface area contributed by atoms with Gasteiger partial charge in [-0.2, -0.15) is 0 Å². The standard InChI is InChI=1S/C24H24N2O3/c1-16-7-6-8-20(13-16)29-22-10-5-4-9-21(22)26-23(27)15-25-24(28)19-12-11-17(2)18(3)14-19/h4-14H,15H2,1-3H3,(H,25,28)(H,26,27). The molecule has 2 amide bonds. The van der Waals surface area contributed by atoms with E-state index in [1.807, 2.05) is 69.3 Å². The van der Waals surface area contributed by atoms with Crippen molar-refractivity contribution in [3.8, 4) is 11.5 Å². The maximum Gasteiger partial charge on any atom is 0.251 e. The molecule has 0 spiro atoms. The van der Waals surface area contributed by atoms with E-state index >= 15 is 0 Å². The van der Waals surface area contributed by atoms with Crippen molar-refractivity contribution in [2.45, 2.75) is 20.8 Å². The third-order valence-electron chi connectivity index (χ3n) is 4.56. The van der Waals surface area contributed by atoms with Gasteiger partial charge in [0.15, 0.2) is 5.75 Å². The molecule has 0 heterocycles. The normalized spacial score (nSPS) is 10.3. The number of hydrogen-bond donors (Lipinski definition) is 2. The maximum atomic E-state index is 12.3. The van der Waals surface area contributed by atoms with Crippen LogP contribution < -0.4 is 15.4 Å². The maximum absolute atomic E-state index is 12.3. The molecular weight excluding hydrogens is 364 g/mol. The van der Waals surface area contributed by atoms with Crippen LogP contribution in [0, 0.1) is 20.8 Å². The predicted molar refractivity (Wildman–Crippen MR) is 115 cm³/mol. The number of rotatable bonds is 6. The van der Waals surface area contributed by atoms with E-state index < -0.39 is 0 Å². The van der Waals surface area contributed by atoms with Crippen molar-refractivity contribution < 1.29 is 14.3 Å². The van der Waals surface area contributed by atoms with Gasteiger partial charge in [-0.05, 0) is 73.9 Å². The zero-order valence-corrected chi connectivity index (χ0v) is 16.8. The minimum atomic E-state index is -0.331. The Kier molecular flexibility index (Phi) is 6.29. The number of anilines is 1. The number of para-hydroxylation sites is 2. The minimum absolute atomic E-state index is 0.134. The Bertz CT molecular complexity index is 1040. The molecule has 0 aromatic heterocycles. The molecule has 0 radical (unpaired) electrons. The smallest absolute Gasteiger partial charge is 0.251 e. The van der Waals surface area contributed by atoms with Crippen LogP contribution >= 0.6 is 0 Å². The van der Waals surface area contributed by atoms with Gasteiger partial charge in [-0.15, -0.1) is 0 Å². The molecule has 0 atom stereocenters. The van der Waals surface area contributed by atoms with Crippen LogP contribution in [0.25, 0.3) is 0 Å². The van der Waals surface area contributed by atoms with Gasteiger partial charge in [-0.3, -0.25) is 9.59 Å². The Hall–Kier alpha value is -3.60. The van der Waals surface area contributed by atoms with Crippen LogP contribution in [0.3, 0.4) is 0 Å². The lowest BCUT2D eigenvalue weighted by Gasteiger charge is -2.13. The molecular formula is C24H24N2O3. The fourth-order valence-electron chi connectivity index (χ4n) is 2.80. The molecule has 0 aliphatic heterocycles. The SMILES string of the molecule is Cc1cccc(Oc2ccccc2NC(=O)CNC(=O)c2ccc(C)c(C)c2)c1. The van der Waals surface area contributed by atoms with Gasteiger partial charge in [-0.1, -0.05) is 30.3 Å². The van der Waals surface area contributed by atoms with E-state index in [9.17, 15) is 9.59 Å². The summed E-state index contributed by atoms with van der Waals surface area (Å²) in [6.07, 6.45) is 0. The van der Waals surface area contributed by atoms with Gasteiger partial charge in [0.2, 0.25) is 5.91 Å². The third-order valence-corrected chi connectivity index (χ3v) is 4.56. The van der Waals surface area contributed by atoms with E-state index in [0.29, 0.717) is 22.7 Å². The van der Waals surface area contributed by atoms with E-state index in [1.54, 1.807) is 18.2 Å². The predicted octanol–water partition coefficient (Wildman–Crippen LogP) is 4.77. The molecule has 0 fully saturated rings. The van der Waals surface area contributed by atoms with Crippen LogP contribution in [-0.2, 0) is 4.79 Å². The summed E-state index contributed by atoms with van der Waals surface area (Å²) in [6, 6.07) is 20.3. The fourth-order valence-corrected chi connectivity index (χ4v) is 2.80. The summed E-state index contributed by atoms with van der Waals surface area (Å²) in [4.78, 5) is 24.6. The first-order valence-corrected chi connectivity index (χ1v) is 9.41. The number of ether oxygens (including phenoxy) is 1. The zero-order chi connectivity index (χ0) is 20.8. The number of aryl methyl sites for hydroxylation is 3. The Morgan fingerprint density at radius 2 is 1.66 bits per heavy atom. The van der Waals surface area contributed by atoms with E-state index in [2.05, 4.69) is 10.6 Å². The van der Waals surface area contributed by atoms with Crippen molar-refractivity contribution in [3.63, 3.8) is 0 Å². The second-order valence-electron chi connectivity index (χ2n) is 6.94. The Morgan fingerprint density at radius 3 is 2.41 bits per heavy atom. The van der Waals surface area contributed by atoms with Crippen LogP contribution in [0.2, 0.25) is 0 Å². The monoisotopic (exact) mass is 388 g/mol. The minimum Gasteiger partial charge on any atom is -0.455 e. The summed E-state index contributed by atoms with van der Waals surface area (Å²) in [6.45, 7) is 5.79. The number of benzene rings is 3. The van der Waals surface area contributed by atoms with Gasteiger partial charge >= 0.3 is 0 Å². The summed E-state index contributed by atoms with van der Waals surface area (Å²) in [5.41, 5.74) is 4.30. The topological polar surface area (TPSA) is 67.4 Å². The van der Waals surface area contributed by atoms with Gasteiger partial charge in [0.1, 0.15) is 5.75 Å². The highest BCUT2D eigenvalue weighted by Gasteiger charge is 2.11. The molecule has 5 heteroatoms. The number of hydrogen-bond acceptors (Lipinski definition) is 3. The van der Waals surface area contributed by atoms with Crippen molar-refractivity contribution in [2.24, 2.45) is 0 Å². The second kappa shape index (κ2) is 9.06. The van der Waals surface area contributed by atoms with Crippen molar-refractivity contribution in [1.29, 1.82) is 0 Å². The lowest BCUT2D eigenvalue weighted by Crippen LogP contribution is -2.33. The molecule has 29 heavy (non-hydrogen) atoms. The highest BCUT2D eigenvalue weighted by molar-refractivity contribution is 6.00. The summed E-state index contributed by atoms with van der Waals surface area (Å²) < 4.78 is 5.91. The lowest BCUT2D eigenvalue weighted by molar-refractivity contribution is -0.115. The van der Waals surface area contributed by atoms with Crippen molar-refractivity contribution >= 4 is 17.5 Å². The molecule has 0 aliphatic carbocycles. The number of nitrogens with one attached hydrogen (secondary N) is 2. The highest BCUT2D eigenvalue weighted by atomic mass is 16.5. The highest BCUT2D eigenvalue weighted by Crippen LogP contribution is 2.29. The first-order valence-electron chi connectivity index (χ1n) is 9.41. The Balaban J connectivity index is 1.62. The molecule has 3 aromatic carbocycles. The van der Waals surface area contributed by atoms with Crippen molar-refractivity contribution in [2.75, 3.05) is 11.9 Å². The Labute approximate surface area is 170 Å². The van der Waals surface area contributed by atoms with Crippen LogP contribution in [0.5, 0.6) is 11.5 Å². The van der Waals surface area contributed by atoms with Crippen LogP contribution in [0.4, 0.5) is 5.69 Å². The third kappa shape index (κ3) is 5.45. The molecule has 0 saturated carbocycles. The molecule has 3 rings (SSSR count). The first-order chi connectivity index (χ1) is 13.9. The van der Waals surface area contributed by atoms with Gasteiger partial charge in [-0.25, -0.2) is 0 Å². The Morgan fingerprint density at radius 1 is 0.862 bits per heavy atom. The fraction of sp³-hybridized carbons (Fsp3) is 0.167. The summed E-state index contributed by atoms with van der Waals surface area (Å²) in [5, 5.41) is 5.44. The molecule has 0 saturated heterocycles. The number of amides is 2. The molecule has 3 aromatic rings. The van der Waals surface area contributed by atoms with Crippen LogP contribution in [0.1, 0.15) is 27.0 Å². The summed E-state index contributed by atoms with van der Waals surface area (Å²) in [5.74, 6) is 0.608. The molecule has 2 N–H and O–H groups in total. The molecule has 5 nitrogen and oxygen atoms in total. The van der Waals surface area contributed by atoms with Gasteiger partial charge in [0.05, 0.1) is 12.2 Å². The quantitative estimate of drug-likeness (QED) is 0.639. The van der Waals surface area contributed by atoms with Gasteiger partial charge in [0.25, 0.3) is 5.91 Å². The lowest BCUT2D eigenvalue weighted by atomic mass is 10.1. The summed E-state index contributed by atoms with van der Waals surface area (Å²) in [7, 11) is 0. The van der Waals surface area contributed by atoms with Crippen LogP contribution in [-0.4, -0.2) is 18.4 Å². The average molecular weight is 388 g/mol. The van der Waals surface area contributed by atoms with E-state index in [-0.39, 0.29) is 18.4 Å². The molecule has 0 unspecified atom stereocenters. The van der Waals surface area contributed by atoms with Gasteiger partial charge in [0, 0.05) is 5.56 Å². The average Bonchev–Trinajstić information content (AvgIpc) is 2.70. The van der Waals surface area contributed by atoms with Crippen molar-refractivity contribution in [3.05, 3.63) is 89.0 Å². The molecule has 0 bridgehead atoms. The largest absolute Gasteiger partial charge is 0.455 e. The van der Waals surface area contributed by atoms with E-state index in [0.717, 1.165) is 16.7 Å². The summed E-state index contributed by atoms with van der Waals surface area (Å²) >= 11 is 0. The number of carbonyl (C=O) groups is 2. The van der Waals surface area contributed by atoms with Gasteiger partial charge < -0.3 is 15.4 Å². The second-order valence-corrected chi connectivity index (χ2v) is 6.94. The van der Waals surface area contributed by atoms with E-state index in [4.69, 9.17) is 4.74 Å².